The fourth-order valence-corrected chi connectivity index (χ4v) is 4.68. The number of hydrogen-bond donors (Lipinski definition) is 1. The van der Waals surface area contributed by atoms with E-state index in [9.17, 15) is 8.42 Å². The molecule has 0 unspecified atom stereocenters. The van der Waals surface area contributed by atoms with Gasteiger partial charge in [0.25, 0.3) is 10.0 Å². The smallest absolute Gasteiger partial charge is 0.261 e. The highest BCUT2D eigenvalue weighted by Crippen LogP contribution is 2.38. The minimum absolute atomic E-state index is 0.290. The van der Waals surface area contributed by atoms with E-state index in [2.05, 4.69) is 32.8 Å². The average molecular weight is 414 g/mol. The molecule has 0 fully saturated rings. The Morgan fingerprint density at radius 2 is 1.52 bits per heavy atom. The SMILES string of the molecule is Cc1ccc(NS(=O)(=O)c2ccc3c(c2)Cc2cc(Br)ccc2-3)cc1. The molecule has 4 rings (SSSR count). The van der Waals surface area contributed by atoms with Gasteiger partial charge in [0.15, 0.2) is 0 Å². The van der Waals surface area contributed by atoms with Crippen LogP contribution in [0.4, 0.5) is 5.69 Å². The standard InChI is InChI=1S/C20H16BrNO2S/c1-13-2-5-17(6-3-13)22-25(23,24)18-7-9-20-15(12-18)10-14-11-16(21)4-8-19(14)20/h2-9,11-12,22H,10H2,1H3. The molecule has 0 aliphatic heterocycles. The van der Waals surface area contributed by atoms with Gasteiger partial charge in [-0.05, 0) is 72.0 Å². The number of anilines is 1. The maximum absolute atomic E-state index is 12.7. The van der Waals surface area contributed by atoms with E-state index in [0.29, 0.717) is 10.6 Å². The molecular weight excluding hydrogens is 398 g/mol. The average Bonchev–Trinajstić information content (AvgIpc) is 2.93. The lowest BCUT2D eigenvalue weighted by molar-refractivity contribution is 0.601. The van der Waals surface area contributed by atoms with E-state index >= 15 is 0 Å². The van der Waals surface area contributed by atoms with E-state index < -0.39 is 10.0 Å². The van der Waals surface area contributed by atoms with Crippen molar-refractivity contribution in [1.82, 2.24) is 0 Å². The highest BCUT2D eigenvalue weighted by Gasteiger charge is 2.22. The van der Waals surface area contributed by atoms with Gasteiger partial charge in [-0.1, -0.05) is 45.8 Å². The first-order valence-corrected chi connectivity index (χ1v) is 10.2. The third-order valence-electron chi connectivity index (χ3n) is 4.43. The Morgan fingerprint density at radius 1 is 0.880 bits per heavy atom. The second-order valence-electron chi connectivity index (χ2n) is 6.27. The lowest BCUT2D eigenvalue weighted by atomic mass is 10.1. The zero-order chi connectivity index (χ0) is 17.6. The van der Waals surface area contributed by atoms with Crippen LogP contribution < -0.4 is 4.72 Å². The number of fused-ring (bicyclic) bond motifs is 3. The van der Waals surface area contributed by atoms with Gasteiger partial charge in [-0.2, -0.15) is 0 Å². The van der Waals surface area contributed by atoms with Crippen LogP contribution in [-0.2, 0) is 16.4 Å². The molecule has 3 nitrogen and oxygen atoms in total. The van der Waals surface area contributed by atoms with Crippen LogP contribution >= 0.6 is 15.9 Å². The van der Waals surface area contributed by atoms with Crippen molar-refractivity contribution >= 4 is 31.6 Å². The summed E-state index contributed by atoms with van der Waals surface area (Å²) in [6, 6.07) is 18.8. The topological polar surface area (TPSA) is 46.2 Å². The number of benzene rings is 3. The van der Waals surface area contributed by atoms with Crippen LogP contribution in [0.2, 0.25) is 0 Å². The number of aryl methyl sites for hydroxylation is 1. The van der Waals surface area contributed by atoms with E-state index in [4.69, 9.17) is 0 Å². The monoisotopic (exact) mass is 413 g/mol. The summed E-state index contributed by atoms with van der Waals surface area (Å²) in [5.74, 6) is 0. The maximum atomic E-state index is 12.7. The molecule has 1 N–H and O–H groups in total. The van der Waals surface area contributed by atoms with Crippen molar-refractivity contribution < 1.29 is 8.42 Å². The van der Waals surface area contributed by atoms with Crippen LogP contribution in [0.5, 0.6) is 0 Å². The molecule has 0 bridgehead atoms. The maximum Gasteiger partial charge on any atom is 0.261 e. The van der Waals surface area contributed by atoms with Crippen molar-refractivity contribution in [2.45, 2.75) is 18.2 Å². The first-order chi connectivity index (χ1) is 11.9. The minimum Gasteiger partial charge on any atom is -0.280 e. The fraction of sp³-hybridized carbons (Fsp3) is 0.100. The van der Waals surface area contributed by atoms with Gasteiger partial charge < -0.3 is 0 Å². The predicted octanol–water partition coefficient (Wildman–Crippen LogP) is 5.13. The Hall–Kier alpha value is -2.11. The molecule has 0 aromatic heterocycles. The van der Waals surface area contributed by atoms with Gasteiger partial charge in [-0.15, -0.1) is 0 Å². The summed E-state index contributed by atoms with van der Waals surface area (Å²) in [6.07, 6.45) is 0.748. The molecule has 0 heterocycles. The fourth-order valence-electron chi connectivity index (χ4n) is 3.16. The van der Waals surface area contributed by atoms with Crippen LogP contribution in [-0.4, -0.2) is 8.42 Å². The summed E-state index contributed by atoms with van der Waals surface area (Å²) >= 11 is 3.49. The second kappa shape index (κ2) is 6.00. The molecule has 5 heteroatoms. The first-order valence-electron chi connectivity index (χ1n) is 7.94. The number of hydrogen-bond acceptors (Lipinski definition) is 2. The summed E-state index contributed by atoms with van der Waals surface area (Å²) in [5, 5.41) is 0. The van der Waals surface area contributed by atoms with Gasteiger partial charge in [0.05, 0.1) is 4.90 Å². The molecule has 25 heavy (non-hydrogen) atoms. The summed E-state index contributed by atoms with van der Waals surface area (Å²) in [6.45, 7) is 1.97. The van der Waals surface area contributed by atoms with Gasteiger partial charge in [0.2, 0.25) is 0 Å². The van der Waals surface area contributed by atoms with Crippen LogP contribution in [0.1, 0.15) is 16.7 Å². The van der Waals surface area contributed by atoms with E-state index in [0.717, 1.165) is 27.6 Å². The number of nitrogens with one attached hydrogen (secondary N) is 1. The quantitative estimate of drug-likeness (QED) is 0.505. The number of rotatable bonds is 3. The van der Waals surface area contributed by atoms with Crippen LogP contribution in [0.15, 0.2) is 70.0 Å². The second-order valence-corrected chi connectivity index (χ2v) is 8.87. The molecule has 1 aliphatic rings. The molecule has 1 aliphatic carbocycles. The van der Waals surface area contributed by atoms with Crippen molar-refractivity contribution in [3.8, 4) is 11.1 Å². The molecule has 0 spiro atoms. The summed E-state index contributed by atoms with van der Waals surface area (Å²) in [5.41, 5.74) is 6.19. The Morgan fingerprint density at radius 3 is 2.24 bits per heavy atom. The van der Waals surface area contributed by atoms with Crippen molar-refractivity contribution in [3.63, 3.8) is 0 Å². The normalized spacial score (nSPS) is 12.6. The Balaban J connectivity index is 1.67. The molecule has 126 valence electrons. The zero-order valence-corrected chi connectivity index (χ0v) is 16.0. The lowest BCUT2D eigenvalue weighted by Gasteiger charge is -2.10. The molecular formula is C20H16BrNO2S. The van der Waals surface area contributed by atoms with Gasteiger partial charge in [0.1, 0.15) is 0 Å². The molecule has 3 aromatic rings. The molecule has 0 radical (unpaired) electrons. The molecule has 0 atom stereocenters. The number of halogens is 1. The van der Waals surface area contributed by atoms with Crippen molar-refractivity contribution in [2.24, 2.45) is 0 Å². The largest absolute Gasteiger partial charge is 0.280 e. The van der Waals surface area contributed by atoms with E-state index in [-0.39, 0.29) is 0 Å². The Labute approximate surface area is 155 Å². The Bertz CT molecular complexity index is 1070. The van der Waals surface area contributed by atoms with Crippen molar-refractivity contribution in [3.05, 3.63) is 81.8 Å². The van der Waals surface area contributed by atoms with Crippen LogP contribution in [0.25, 0.3) is 11.1 Å². The molecule has 0 saturated carbocycles. The molecule has 0 saturated heterocycles. The van der Waals surface area contributed by atoms with Crippen LogP contribution in [0, 0.1) is 6.92 Å². The third-order valence-corrected chi connectivity index (χ3v) is 6.30. The molecule has 0 amide bonds. The third kappa shape index (κ3) is 3.10. The Kier molecular flexibility index (Phi) is 3.93. The van der Waals surface area contributed by atoms with Gasteiger partial charge in [0, 0.05) is 10.2 Å². The van der Waals surface area contributed by atoms with E-state index in [1.807, 2.05) is 31.2 Å². The summed E-state index contributed by atoms with van der Waals surface area (Å²) in [7, 11) is -3.60. The van der Waals surface area contributed by atoms with E-state index in [1.165, 1.54) is 11.1 Å². The highest BCUT2D eigenvalue weighted by atomic mass is 79.9. The molecule has 3 aromatic carbocycles. The van der Waals surface area contributed by atoms with Gasteiger partial charge >= 0.3 is 0 Å². The summed E-state index contributed by atoms with van der Waals surface area (Å²) < 4.78 is 29.1. The van der Waals surface area contributed by atoms with Crippen molar-refractivity contribution in [1.29, 1.82) is 0 Å². The van der Waals surface area contributed by atoms with E-state index in [1.54, 1.807) is 24.3 Å². The summed E-state index contributed by atoms with van der Waals surface area (Å²) in [4.78, 5) is 0.290. The zero-order valence-electron chi connectivity index (χ0n) is 13.6. The van der Waals surface area contributed by atoms with Crippen LogP contribution in [0.3, 0.4) is 0 Å². The van der Waals surface area contributed by atoms with Gasteiger partial charge in [-0.3, -0.25) is 4.72 Å². The highest BCUT2D eigenvalue weighted by molar-refractivity contribution is 9.10. The minimum atomic E-state index is -3.60. The first kappa shape index (κ1) is 16.4. The lowest BCUT2D eigenvalue weighted by Crippen LogP contribution is -2.13. The van der Waals surface area contributed by atoms with Crippen molar-refractivity contribution in [2.75, 3.05) is 4.72 Å². The predicted molar refractivity (Wildman–Crippen MR) is 104 cm³/mol. The number of sulfonamides is 1. The van der Waals surface area contributed by atoms with Gasteiger partial charge in [-0.25, -0.2) is 8.42 Å².